The first-order valence-electron chi connectivity index (χ1n) is 9.68. The number of anilines is 2. The van der Waals surface area contributed by atoms with Gasteiger partial charge in [-0.15, -0.1) is 0 Å². The van der Waals surface area contributed by atoms with Gasteiger partial charge in [-0.05, 0) is 38.8 Å². The zero-order valence-corrected chi connectivity index (χ0v) is 16.6. The molecule has 158 valence electrons. The number of carbonyl (C=O) groups excluding carboxylic acids is 1. The number of para-hydroxylation sites is 1. The largest absolute Gasteiger partial charge is 0.443 e. The molecule has 1 fully saturated rings. The average molecular weight is 418 g/mol. The second-order valence-electron chi connectivity index (χ2n) is 7.48. The Labute approximate surface area is 171 Å². The van der Waals surface area contributed by atoms with E-state index in [1.807, 2.05) is 18.7 Å². The van der Waals surface area contributed by atoms with E-state index in [1.165, 1.54) is 24.5 Å². The van der Waals surface area contributed by atoms with Crippen molar-refractivity contribution in [3.63, 3.8) is 0 Å². The van der Waals surface area contributed by atoms with Gasteiger partial charge in [0.05, 0.1) is 22.6 Å². The van der Waals surface area contributed by atoms with Crippen LogP contribution in [0.4, 0.5) is 24.7 Å². The van der Waals surface area contributed by atoms with Crippen LogP contribution in [0.1, 0.15) is 29.7 Å². The molecule has 1 aromatic carbocycles. The Morgan fingerprint density at radius 1 is 1.23 bits per heavy atom. The van der Waals surface area contributed by atoms with E-state index < -0.39 is 23.6 Å². The maximum atomic E-state index is 13.2. The molecular weight excluding hydrogens is 397 g/mol. The summed E-state index contributed by atoms with van der Waals surface area (Å²) < 4.78 is 45.4. The van der Waals surface area contributed by atoms with Gasteiger partial charge in [-0.3, -0.25) is 4.79 Å². The number of hydrogen-bond donors (Lipinski definition) is 1. The maximum absolute atomic E-state index is 13.2. The smallest absolute Gasteiger partial charge is 0.418 e. The van der Waals surface area contributed by atoms with Gasteiger partial charge in [-0.1, -0.05) is 12.1 Å². The van der Waals surface area contributed by atoms with Gasteiger partial charge in [0.1, 0.15) is 17.9 Å². The lowest BCUT2D eigenvalue weighted by Crippen LogP contribution is -2.41. The molecule has 3 aromatic rings. The fraction of sp³-hybridized carbons (Fsp3) is 0.381. The molecule has 1 aliphatic heterocycles. The van der Waals surface area contributed by atoms with Gasteiger partial charge in [-0.2, -0.15) is 13.2 Å². The lowest BCUT2D eigenvalue weighted by molar-refractivity contribution is -0.137. The first kappa shape index (κ1) is 20.2. The fourth-order valence-corrected chi connectivity index (χ4v) is 3.86. The molecule has 0 spiro atoms. The highest BCUT2D eigenvalue weighted by molar-refractivity contribution is 5.94. The first-order valence-corrected chi connectivity index (χ1v) is 9.68. The molecule has 0 saturated carbocycles. The van der Waals surface area contributed by atoms with E-state index in [1.54, 1.807) is 0 Å². The van der Waals surface area contributed by atoms with E-state index >= 15 is 0 Å². The van der Waals surface area contributed by atoms with Crippen LogP contribution in [0.25, 0.3) is 11.1 Å². The summed E-state index contributed by atoms with van der Waals surface area (Å²) in [5.74, 6) is 0.546. The van der Waals surface area contributed by atoms with E-state index in [4.69, 9.17) is 4.42 Å². The topological polar surface area (TPSA) is 71.3 Å². The number of halogens is 3. The summed E-state index contributed by atoms with van der Waals surface area (Å²) in [4.78, 5) is 23.4. The maximum Gasteiger partial charge on any atom is 0.418 e. The highest BCUT2D eigenvalue weighted by Crippen LogP contribution is 2.36. The number of amides is 1. The van der Waals surface area contributed by atoms with E-state index in [0.29, 0.717) is 31.0 Å². The van der Waals surface area contributed by atoms with Crippen LogP contribution in [0.5, 0.6) is 0 Å². The number of nitrogens with zero attached hydrogens (tertiary/aromatic N) is 3. The molecule has 30 heavy (non-hydrogen) atoms. The minimum absolute atomic E-state index is 0.224. The van der Waals surface area contributed by atoms with Crippen molar-refractivity contribution >= 4 is 28.5 Å². The number of benzene rings is 1. The third kappa shape index (κ3) is 3.71. The molecule has 1 aliphatic rings. The third-order valence-corrected chi connectivity index (χ3v) is 5.53. The molecule has 1 N–H and O–H groups in total. The van der Waals surface area contributed by atoms with Crippen molar-refractivity contribution in [3.8, 4) is 0 Å². The van der Waals surface area contributed by atoms with Crippen molar-refractivity contribution in [3.05, 3.63) is 47.5 Å². The summed E-state index contributed by atoms with van der Waals surface area (Å²) >= 11 is 0. The molecule has 0 aliphatic carbocycles. The van der Waals surface area contributed by atoms with Crippen LogP contribution in [0.3, 0.4) is 0 Å². The molecule has 9 heteroatoms. The van der Waals surface area contributed by atoms with Crippen LogP contribution < -0.4 is 10.2 Å². The normalized spacial score (nSPS) is 17.4. The molecule has 0 unspecified atom stereocenters. The van der Waals surface area contributed by atoms with Gasteiger partial charge in [-0.25, -0.2) is 9.97 Å². The molecule has 1 saturated heterocycles. The number of piperidine rings is 1. The number of hydrogen-bond acceptors (Lipinski definition) is 5. The number of nitrogens with one attached hydrogen (secondary N) is 1. The zero-order valence-electron chi connectivity index (χ0n) is 16.6. The molecule has 6 nitrogen and oxygen atoms in total. The number of rotatable bonds is 3. The van der Waals surface area contributed by atoms with E-state index in [-0.39, 0.29) is 5.69 Å². The molecule has 1 amide bonds. The standard InChI is InChI=1S/C21H21F3N4O2/c1-12-13(2)30-20-17(12)18(25-11-26-20)28-9-5-6-14(10-28)19(29)27-16-8-4-3-7-15(16)21(22,23)24/h3-4,7-8,11,14H,5-6,9-10H2,1-2H3,(H,27,29)/t14-/m0/s1. The molecule has 2 aromatic heterocycles. The lowest BCUT2D eigenvalue weighted by atomic mass is 9.96. The van der Waals surface area contributed by atoms with Crippen molar-refractivity contribution < 1.29 is 22.4 Å². The van der Waals surface area contributed by atoms with Gasteiger partial charge in [0, 0.05) is 18.7 Å². The Hall–Kier alpha value is -3.10. The summed E-state index contributed by atoms with van der Waals surface area (Å²) in [6.07, 6.45) is -1.80. The van der Waals surface area contributed by atoms with Gasteiger partial charge in [0.25, 0.3) is 0 Å². The molecule has 0 bridgehead atoms. The summed E-state index contributed by atoms with van der Waals surface area (Å²) in [7, 11) is 0. The van der Waals surface area contributed by atoms with Gasteiger partial charge in [0.2, 0.25) is 11.6 Å². The Morgan fingerprint density at radius 2 is 2.00 bits per heavy atom. The average Bonchev–Trinajstić information content (AvgIpc) is 3.01. The Kier molecular flexibility index (Phi) is 5.13. The van der Waals surface area contributed by atoms with E-state index in [0.717, 1.165) is 29.2 Å². The number of aryl methyl sites for hydroxylation is 2. The first-order chi connectivity index (χ1) is 14.3. The highest BCUT2D eigenvalue weighted by atomic mass is 19.4. The summed E-state index contributed by atoms with van der Waals surface area (Å²) in [5, 5.41) is 3.28. The van der Waals surface area contributed by atoms with Crippen LogP contribution >= 0.6 is 0 Å². The highest BCUT2D eigenvalue weighted by Gasteiger charge is 2.35. The second kappa shape index (κ2) is 7.62. The minimum Gasteiger partial charge on any atom is -0.443 e. The molecule has 3 heterocycles. The van der Waals surface area contributed by atoms with Crippen LogP contribution in [-0.2, 0) is 11.0 Å². The second-order valence-corrected chi connectivity index (χ2v) is 7.48. The Morgan fingerprint density at radius 3 is 2.77 bits per heavy atom. The monoisotopic (exact) mass is 418 g/mol. The molecule has 0 radical (unpaired) electrons. The minimum atomic E-state index is -4.54. The SMILES string of the molecule is Cc1oc2ncnc(N3CCC[C@H](C(=O)Nc4ccccc4C(F)(F)F)C3)c2c1C. The quantitative estimate of drug-likeness (QED) is 0.667. The van der Waals surface area contributed by atoms with Crippen LogP contribution in [0, 0.1) is 19.8 Å². The summed E-state index contributed by atoms with van der Waals surface area (Å²) in [6.45, 7) is 4.83. The predicted octanol–water partition coefficient (Wildman–Crippen LogP) is 4.71. The van der Waals surface area contributed by atoms with Crippen LogP contribution in [0.2, 0.25) is 0 Å². The number of furan rings is 1. The number of fused-ring (bicyclic) bond motifs is 1. The fourth-order valence-electron chi connectivity index (χ4n) is 3.86. The van der Waals surface area contributed by atoms with Crippen molar-refractivity contribution in [2.75, 3.05) is 23.3 Å². The molecule has 4 rings (SSSR count). The molecule has 1 atom stereocenters. The molecular formula is C21H21F3N4O2. The van der Waals surface area contributed by atoms with Gasteiger partial charge < -0.3 is 14.6 Å². The number of alkyl halides is 3. The van der Waals surface area contributed by atoms with Gasteiger partial charge >= 0.3 is 6.18 Å². The number of carbonyl (C=O) groups is 1. The van der Waals surface area contributed by atoms with Gasteiger partial charge in [0.15, 0.2) is 0 Å². The lowest BCUT2D eigenvalue weighted by Gasteiger charge is -2.33. The van der Waals surface area contributed by atoms with Crippen molar-refractivity contribution in [2.24, 2.45) is 5.92 Å². The van der Waals surface area contributed by atoms with Crippen molar-refractivity contribution in [1.82, 2.24) is 9.97 Å². The van der Waals surface area contributed by atoms with Crippen molar-refractivity contribution in [1.29, 1.82) is 0 Å². The summed E-state index contributed by atoms with van der Waals surface area (Å²) in [5.41, 5.74) is 0.345. The third-order valence-electron chi connectivity index (χ3n) is 5.53. The number of aromatic nitrogens is 2. The Balaban J connectivity index is 1.57. The predicted molar refractivity (Wildman–Crippen MR) is 106 cm³/mol. The van der Waals surface area contributed by atoms with Crippen molar-refractivity contribution in [2.45, 2.75) is 32.9 Å². The van der Waals surface area contributed by atoms with E-state index in [9.17, 15) is 18.0 Å². The van der Waals surface area contributed by atoms with Crippen LogP contribution in [-0.4, -0.2) is 29.0 Å². The Bertz CT molecular complexity index is 1090. The summed E-state index contributed by atoms with van der Waals surface area (Å²) in [6, 6.07) is 5.01. The zero-order chi connectivity index (χ0) is 21.5. The van der Waals surface area contributed by atoms with Crippen LogP contribution in [0.15, 0.2) is 35.0 Å². The van der Waals surface area contributed by atoms with E-state index in [2.05, 4.69) is 15.3 Å².